The van der Waals surface area contributed by atoms with E-state index in [1.165, 1.54) is 21.8 Å². The molecule has 0 saturated heterocycles. The number of benzene rings is 1. The van der Waals surface area contributed by atoms with Crippen molar-refractivity contribution in [1.82, 2.24) is 4.57 Å². The molecule has 0 bridgehead atoms. The highest BCUT2D eigenvalue weighted by atomic mass is 32.2. The Morgan fingerprint density at radius 2 is 2.18 bits per heavy atom. The van der Waals surface area contributed by atoms with Crippen molar-refractivity contribution < 1.29 is 0 Å². The first-order valence-electron chi connectivity index (χ1n) is 5.93. The molecule has 1 unspecified atom stereocenters. The van der Waals surface area contributed by atoms with E-state index in [2.05, 4.69) is 47.3 Å². The number of nitrogens with zero attached hydrogens (tertiary/aromatic N) is 1. The van der Waals surface area contributed by atoms with Gasteiger partial charge in [-0.1, -0.05) is 18.2 Å². The van der Waals surface area contributed by atoms with Gasteiger partial charge in [-0.05, 0) is 23.3 Å². The molecule has 1 aromatic heterocycles. The number of thioether (sulfide) groups is 1. The molecule has 1 aliphatic heterocycles. The topological polar surface area (TPSA) is 30.9 Å². The minimum Gasteiger partial charge on any atom is -0.353 e. The lowest BCUT2D eigenvalue weighted by Crippen LogP contribution is -2.07. The fraction of sp³-hybridized carbons (Fsp3) is 0.286. The summed E-state index contributed by atoms with van der Waals surface area (Å²) in [7, 11) is 0. The molecule has 2 heterocycles. The molecule has 2 aromatic rings. The van der Waals surface area contributed by atoms with Crippen molar-refractivity contribution in [2.24, 2.45) is 5.73 Å². The van der Waals surface area contributed by atoms with Crippen LogP contribution in [0.1, 0.15) is 17.0 Å². The summed E-state index contributed by atoms with van der Waals surface area (Å²) in [6.45, 7) is 1.69. The minimum absolute atomic E-state index is 0.628. The summed E-state index contributed by atoms with van der Waals surface area (Å²) < 4.78 is 2.26. The van der Waals surface area contributed by atoms with E-state index in [1.807, 2.05) is 11.8 Å². The molecule has 0 fully saturated rings. The Balaban J connectivity index is 1.79. The first kappa shape index (κ1) is 10.9. The van der Waals surface area contributed by atoms with Gasteiger partial charge in [0.15, 0.2) is 0 Å². The average Bonchev–Trinajstić information content (AvgIpc) is 2.97. The smallest absolute Gasteiger partial charge is 0.0297 e. The van der Waals surface area contributed by atoms with Crippen molar-refractivity contribution in [3.8, 4) is 0 Å². The molecule has 1 atom stereocenters. The molecule has 3 rings (SSSR count). The molecule has 0 amide bonds. The largest absolute Gasteiger partial charge is 0.353 e. The summed E-state index contributed by atoms with van der Waals surface area (Å²) in [5.41, 5.74) is 8.34. The maximum atomic E-state index is 5.63. The zero-order valence-electron chi connectivity index (χ0n) is 9.67. The Bertz CT molecular complexity index is 518. The quantitative estimate of drug-likeness (QED) is 0.900. The monoisotopic (exact) mass is 244 g/mol. The number of hydrogen-bond donors (Lipinski definition) is 1. The third kappa shape index (κ3) is 2.13. The van der Waals surface area contributed by atoms with E-state index in [0.29, 0.717) is 12.5 Å². The second-order valence-electron chi connectivity index (χ2n) is 4.47. The lowest BCUT2D eigenvalue weighted by atomic mass is 10.0. The Kier molecular flexibility index (Phi) is 2.95. The van der Waals surface area contributed by atoms with Gasteiger partial charge < -0.3 is 10.3 Å². The van der Waals surface area contributed by atoms with Gasteiger partial charge in [0, 0.05) is 42.0 Å². The molecule has 2 nitrogen and oxygen atoms in total. The molecule has 3 heteroatoms. The number of aromatic nitrogens is 1. The van der Waals surface area contributed by atoms with Gasteiger partial charge in [0.25, 0.3) is 0 Å². The molecule has 0 spiro atoms. The van der Waals surface area contributed by atoms with Crippen LogP contribution in [0.5, 0.6) is 0 Å². The van der Waals surface area contributed by atoms with Crippen molar-refractivity contribution in [2.75, 3.05) is 5.75 Å². The van der Waals surface area contributed by atoms with Crippen LogP contribution in [0.25, 0.3) is 0 Å². The van der Waals surface area contributed by atoms with Crippen molar-refractivity contribution in [1.29, 1.82) is 0 Å². The molecule has 88 valence electrons. The van der Waals surface area contributed by atoms with Crippen LogP contribution in [0.3, 0.4) is 0 Å². The standard InChI is InChI=1S/C14H16N2S/c15-7-11-5-6-16(8-11)9-12-10-17-14-4-2-1-3-13(12)14/h1-6,8,12H,7,9-10,15H2. The molecular formula is C14H16N2S. The predicted octanol–water partition coefficient (Wildman–Crippen LogP) is 2.84. The van der Waals surface area contributed by atoms with E-state index in [1.54, 1.807) is 0 Å². The molecule has 2 N–H and O–H groups in total. The van der Waals surface area contributed by atoms with Crippen molar-refractivity contribution in [2.45, 2.75) is 23.9 Å². The third-order valence-electron chi connectivity index (χ3n) is 3.28. The molecule has 0 radical (unpaired) electrons. The summed E-state index contributed by atoms with van der Waals surface area (Å²) in [6.07, 6.45) is 4.29. The van der Waals surface area contributed by atoms with Crippen molar-refractivity contribution >= 4 is 11.8 Å². The van der Waals surface area contributed by atoms with Crippen LogP contribution in [-0.4, -0.2) is 10.3 Å². The fourth-order valence-electron chi connectivity index (χ4n) is 2.36. The third-order valence-corrected chi connectivity index (χ3v) is 4.53. The summed E-state index contributed by atoms with van der Waals surface area (Å²) in [6, 6.07) is 10.8. The maximum absolute atomic E-state index is 5.63. The molecule has 0 aliphatic carbocycles. The van der Waals surface area contributed by atoms with Crippen LogP contribution in [0, 0.1) is 0 Å². The maximum Gasteiger partial charge on any atom is 0.0297 e. The highest BCUT2D eigenvalue weighted by molar-refractivity contribution is 7.99. The van der Waals surface area contributed by atoms with E-state index in [-0.39, 0.29) is 0 Å². The van der Waals surface area contributed by atoms with Crippen LogP contribution < -0.4 is 5.73 Å². The van der Waals surface area contributed by atoms with E-state index < -0.39 is 0 Å². The Morgan fingerprint density at radius 3 is 3.00 bits per heavy atom. The zero-order valence-corrected chi connectivity index (χ0v) is 10.5. The first-order valence-corrected chi connectivity index (χ1v) is 6.92. The number of fused-ring (bicyclic) bond motifs is 1. The molecule has 1 aromatic carbocycles. The Morgan fingerprint density at radius 1 is 1.29 bits per heavy atom. The van der Waals surface area contributed by atoms with Gasteiger partial charge in [-0.3, -0.25) is 0 Å². The van der Waals surface area contributed by atoms with Crippen LogP contribution in [0.15, 0.2) is 47.6 Å². The zero-order chi connectivity index (χ0) is 11.7. The first-order chi connectivity index (χ1) is 8.36. The lowest BCUT2D eigenvalue weighted by molar-refractivity contribution is 0.607. The lowest BCUT2D eigenvalue weighted by Gasteiger charge is -2.11. The Hall–Kier alpha value is -1.19. The van der Waals surface area contributed by atoms with Crippen LogP contribution in [0.4, 0.5) is 0 Å². The normalized spacial score (nSPS) is 18.3. The summed E-state index contributed by atoms with van der Waals surface area (Å²) in [5, 5.41) is 0. The average molecular weight is 244 g/mol. The van der Waals surface area contributed by atoms with E-state index in [9.17, 15) is 0 Å². The van der Waals surface area contributed by atoms with Gasteiger partial charge in [-0.2, -0.15) is 0 Å². The SMILES string of the molecule is NCc1ccn(CC2CSc3ccccc32)c1. The van der Waals surface area contributed by atoms with Gasteiger partial charge in [0.1, 0.15) is 0 Å². The van der Waals surface area contributed by atoms with E-state index in [0.717, 1.165) is 6.54 Å². The van der Waals surface area contributed by atoms with Gasteiger partial charge in [0.2, 0.25) is 0 Å². The van der Waals surface area contributed by atoms with E-state index in [4.69, 9.17) is 5.73 Å². The minimum atomic E-state index is 0.628. The molecule has 1 aliphatic rings. The second kappa shape index (κ2) is 4.59. The summed E-state index contributed by atoms with van der Waals surface area (Å²) in [5.74, 6) is 1.82. The summed E-state index contributed by atoms with van der Waals surface area (Å²) >= 11 is 1.97. The summed E-state index contributed by atoms with van der Waals surface area (Å²) in [4.78, 5) is 1.45. The van der Waals surface area contributed by atoms with Gasteiger partial charge in [-0.25, -0.2) is 0 Å². The fourth-order valence-corrected chi connectivity index (χ4v) is 3.60. The predicted molar refractivity (Wildman–Crippen MR) is 72.2 cm³/mol. The van der Waals surface area contributed by atoms with Gasteiger partial charge in [0.05, 0.1) is 0 Å². The van der Waals surface area contributed by atoms with Crippen LogP contribution >= 0.6 is 11.8 Å². The highest BCUT2D eigenvalue weighted by Gasteiger charge is 2.22. The highest BCUT2D eigenvalue weighted by Crippen LogP contribution is 2.39. The van der Waals surface area contributed by atoms with E-state index >= 15 is 0 Å². The Labute approximate surface area is 106 Å². The molecular weight excluding hydrogens is 228 g/mol. The van der Waals surface area contributed by atoms with Gasteiger partial charge in [-0.15, -0.1) is 11.8 Å². The number of hydrogen-bond acceptors (Lipinski definition) is 2. The molecule has 0 saturated carbocycles. The molecule has 17 heavy (non-hydrogen) atoms. The van der Waals surface area contributed by atoms with Gasteiger partial charge >= 0.3 is 0 Å². The van der Waals surface area contributed by atoms with Crippen molar-refractivity contribution in [3.05, 3.63) is 53.9 Å². The van der Waals surface area contributed by atoms with Crippen LogP contribution in [0.2, 0.25) is 0 Å². The second-order valence-corrected chi connectivity index (χ2v) is 5.53. The number of rotatable bonds is 3. The van der Waals surface area contributed by atoms with Crippen LogP contribution in [-0.2, 0) is 13.1 Å². The van der Waals surface area contributed by atoms with Crippen molar-refractivity contribution in [3.63, 3.8) is 0 Å². The number of nitrogens with two attached hydrogens (primary N) is 1.